The van der Waals surface area contributed by atoms with Crippen molar-refractivity contribution in [2.24, 2.45) is 7.05 Å². The predicted molar refractivity (Wildman–Crippen MR) is 79.9 cm³/mol. The van der Waals surface area contributed by atoms with E-state index in [0.29, 0.717) is 18.7 Å². The highest BCUT2D eigenvalue weighted by molar-refractivity contribution is 7.99. The van der Waals surface area contributed by atoms with E-state index in [1.54, 1.807) is 11.8 Å². The van der Waals surface area contributed by atoms with Crippen LogP contribution in [0.5, 0.6) is 0 Å². The van der Waals surface area contributed by atoms with Crippen LogP contribution < -0.4 is 5.32 Å². The summed E-state index contributed by atoms with van der Waals surface area (Å²) in [6.07, 6.45) is 1.50. The minimum atomic E-state index is 0.647. The molecule has 0 amide bonds. The smallest absolute Gasteiger partial charge is 0.190 e. The van der Waals surface area contributed by atoms with Crippen molar-refractivity contribution in [3.8, 4) is 6.07 Å². The molecule has 6 nitrogen and oxygen atoms in total. The summed E-state index contributed by atoms with van der Waals surface area (Å²) in [5, 5.41) is 17.3. The Morgan fingerprint density at radius 1 is 1.48 bits per heavy atom. The molecular formula is C14H17N5OS. The second kappa shape index (κ2) is 7.78. The first-order valence-corrected chi connectivity index (χ1v) is 7.30. The molecule has 0 unspecified atom stereocenters. The number of hydrogen-bond donors (Lipinski definition) is 1. The standard InChI is InChI=1S/C14H17N5OS/c1-19-14(17-10-18-19)21-13-4-3-11(7-12(13)8-15)9-16-5-6-20-2/h3-4,7,10,16H,5-6,9H2,1-2H3. The second-order valence-corrected chi connectivity index (χ2v) is 5.39. The maximum absolute atomic E-state index is 9.30. The number of nitrogens with one attached hydrogen (secondary N) is 1. The van der Waals surface area contributed by atoms with Crippen molar-refractivity contribution < 1.29 is 4.74 Å². The predicted octanol–water partition coefficient (Wildman–Crippen LogP) is 1.57. The average molecular weight is 303 g/mol. The summed E-state index contributed by atoms with van der Waals surface area (Å²) in [5.74, 6) is 0. The first kappa shape index (κ1) is 15.5. The van der Waals surface area contributed by atoms with E-state index in [9.17, 15) is 5.26 Å². The Labute approximate surface area is 128 Å². The van der Waals surface area contributed by atoms with Crippen LogP contribution in [-0.2, 0) is 18.3 Å². The normalized spacial score (nSPS) is 10.5. The summed E-state index contributed by atoms with van der Waals surface area (Å²) in [5.41, 5.74) is 1.72. The number of benzene rings is 1. The minimum Gasteiger partial charge on any atom is -0.383 e. The summed E-state index contributed by atoms with van der Waals surface area (Å²) >= 11 is 1.44. The third kappa shape index (κ3) is 4.29. The summed E-state index contributed by atoms with van der Waals surface area (Å²) in [7, 11) is 3.50. The van der Waals surface area contributed by atoms with Crippen molar-refractivity contribution in [1.82, 2.24) is 20.1 Å². The number of ether oxygens (including phenoxy) is 1. The van der Waals surface area contributed by atoms with Crippen LogP contribution in [0.4, 0.5) is 0 Å². The highest BCUT2D eigenvalue weighted by Crippen LogP contribution is 2.28. The van der Waals surface area contributed by atoms with Gasteiger partial charge in [0, 0.05) is 32.1 Å². The van der Waals surface area contributed by atoms with Gasteiger partial charge in [-0.25, -0.2) is 9.67 Å². The summed E-state index contributed by atoms with van der Waals surface area (Å²) in [6.45, 7) is 2.17. The molecule has 0 atom stereocenters. The average Bonchev–Trinajstić information content (AvgIpc) is 2.90. The molecule has 0 aliphatic carbocycles. The number of aryl methyl sites for hydroxylation is 1. The van der Waals surface area contributed by atoms with Gasteiger partial charge in [0.05, 0.1) is 12.2 Å². The van der Waals surface area contributed by atoms with Gasteiger partial charge in [-0.1, -0.05) is 6.07 Å². The fourth-order valence-electron chi connectivity index (χ4n) is 1.75. The van der Waals surface area contributed by atoms with Gasteiger partial charge in [-0.2, -0.15) is 10.4 Å². The fourth-order valence-corrected chi connectivity index (χ4v) is 2.57. The van der Waals surface area contributed by atoms with Crippen LogP contribution in [-0.4, -0.2) is 35.0 Å². The highest BCUT2D eigenvalue weighted by atomic mass is 32.2. The molecule has 2 aromatic rings. The number of methoxy groups -OCH3 is 1. The van der Waals surface area contributed by atoms with E-state index < -0.39 is 0 Å². The van der Waals surface area contributed by atoms with E-state index in [1.807, 2.05) is 25.2 Å². The van der Waals surface area contributed by atoms with Gasteiger partial charge in [0.15, 0.2) is 5.16 Å². The zero-order valence-electron chi connectivity index (χ0n) is 12.0. The molecule has 1 aromatic carbocycles. The van der Waals surface area contributed by atoms with Crippen LogP contribution in [0, 0.1) is 11.3 Å². The van der Waals surface area contributed by atoms with Crippen molar-refractivity contribution in [3.63, 3.8) is 0 Å². The van der Waals surface area contributed by atoms with Gasteiger partial charge in [0.1, 0.15) is 12.4 Å². The Morgan fingerprint density at radius 2 is 2.33 bits per heavy atom. The third-order valence-electron chi connectivity index (χ3n) is 2.85. The summed E-state index contributed by atoms with van der Waals surface area (Å²) in [4.78, 5) is 5.04. The second-order valence-electron chi connectivity index (χ2n) is 4.38. The number of hydrogen-bond acceptors (Lipinski definition) is 6. The molecule has 0 saturated carbocycles. The maximum Gasteiger partial charge on any atom is 0.190 e. The van der Waals surface area contributed by atoms with E-state index in [0.717, 1.165) is 22.2 Å². The summed E-state index contributed by atoms with van der Waals surface area (Å²) in [6, 6.07) is 8.10. The quantitative estimate of drug-likeness (QED) is 0.783. The van der Waals surface area contributed by atoms with Crippen molar-refractivity contribution in [3.05, 3.63) is 35.7 Å². The van der Waals surface area contributed by atoms with Crippen LogP contribution in [0.25, 0.3) is 0 Å². The van der Waals surface area contributed by atoms with E-state index in [2.05, 4.69) is 21.5 Å². The maximum atomic E-state index is 9.30. The Morgan fingerprint density at radius 3 is 3.00 bits per heavy atom. The van der Waals surface area contributed by atoms with Crippen LogP contribution in [0.15, 0.2) is 34.6 Å². The SMILES string of the molecule is COCCNCc1ccc(Sc2ncnn2C)c(C#N)c1. The monoisotopic (exact) mass is 303 g/mol. The van der Waals surface area contributed by atoms with E-state index >= 15 is 0 Å². The topological polar surface area (TPSA) is 75.8 Å². The van der Waals surface area contributed by atoms with Crippen molar-refractivity contribution >= 4 is 11.8 Å². The molecule has 0 aliphatic heterocycles. The van der Waals surface area contributed by atoms with Gasteiger partial charge in [-0.15, -0.1) is 0 Å². The van der Waals surface area contributed by atoms with E-state index in [-0.39, 0.29) is 0 Å². The molecule has 1 aromatic heterocycles. The molecule has 7 heteroatoms. The lowest BCUT2D eigenvalue weighted by Crippen LogP contribution is -2.18. The van der Waals surface area contributed by atoms with Gasteiger partial charge in [0.25, 0.3) is 0 Å². The van der Waals surface area contributed by atoms with Crippen molar-refractivity contribution in [2.45, 2.75) is 16.6 Å². The molecule has 0 fully saturated rings. The summed E-state index contributed by atoms with van der Waals surface area (Å²) < 4.78 is 6.67. The molecule has 0 aliphatic rings. The zero-order valence-corrected chi connectivity index (χ0v) is 12.9. The first-order valence-electron chi connectivity index (χ1n) is 6.49. The molecule has 0 radical (unpaired) electrons. The van der Waals surface area contributed by atoms with Crippen LogP contribution in [0.2, 0.25) is 0 Å². The Balaban J connectivity index is 2.06. The third-order valence-corrected chi connectivity index (χ3v) is 3.98. The Kier molecular flexibility index (Phi) is 5.75. The molecule has 0 spiro atoms. The molecule has 0 saturated heterocycles. The Hall–Kier alpha value is -1.88. The lowest BCUT2D eigenvalue weighted by atomic mass is 10.1. The molecular weight excluding hydrogens is 286 g/mol. The molecule has 1 N–H and O–H groups in total. The number of aromatic nitrogens is 3. The van der Waals surface area contributed by atoms with Gasteiger partial charge in [-0.3, -0.25) is 0 Å². The number of nitriles is 1. The lowest BCUT2D eigenvalue weighted by molar-refractivity contribution is 0.199. The highest BCUT2D eigenvalue weighted by Gasteiger charge is 2.09. The lowest BCUT2D eigenvalue weighted by Gasteiger charge is -2.07. The van der Waals surface area contributed by atoms with Crippen LogP contribution >= 0.6 is 11.8 Å². The van der Waals surface area contributed by atoms with E-state index in [4.69, 9.17) is 4.74 Å². The number of nitrogens with zero attached hydrogens (tertiary/aromatic N) is 4. The van der Waals surface area contributed by atoms with Crippen molar-refractivity contribution in [2.75, 3.05) is 20.3 Å². The Bertz CT molecular complexity index is 635. The molecule has 21 heavy (non-hydrogen) atoms. The molecule has 2 rings (SSSR count). The fraction of sp³-hybridized carbons (Fsp3) is 0.357. The van der Waals surface area contributed by atoms with Gasteiger partial charge in [-0.05, 0) is 29.5 Å². The largest absolute Gasteiger partial charge is 0.383 e. The zero-order chi connectivity index (χ0) is 15.1. The van der Waals surface area contributed by atoms with Crippen LogP contribution in [0.3, 0.4) is 0 Å². The number of rotatable bonds is 7. The van der Waals surface area contributed by atoms with Gasteiger partial charge < -0.3 is 10.1 Å². The molecule has 0 bridgehead atoms. The minimum absolute atomic E-state index is 0.647. The van der Waals surface area contributed by atoms with E-state index in [1.165, 1.54) is 18.1 Å². The van der Waals surface area contributed by atoms with Crippen LogP contribution in [0.1, 0.15) is 11.1 Å². The molecule has 1 heterocycles. The van der Waals surface area contributed by atoms with Gasteiger partial charge in [0.2, 0.25) is 0 Å². The first-order chi connectivity index (χ1) is 10.2. The molecule has 110 valence electrons. The van der Waals surface area contributed by atoms with Gasteiger partial charge >= 0.3 is 0 Å². The van der Waals surface area contributed by atoms with Crippen molar-refractivity contribution in [1.29, 1.82) is 5.26 Å².